The Morgan fingerprint density at radius 2 is 1.59 bits per heavy atom. The van der Waals surface area contributed by atoms with Crippen molar-refractivity contribution in [3.8, 4) is 5.75 Å². The number of para-hydroxylation sites is 2. The van der Waals surface area contributed by atoms with Gasteiger partial charge >= 0.3 is 0 Å². The van der Waals surface area contributed by atoms with Crippen LogP contribution in [-0.4, -0.2) is 70.3 Å². The van der Waals surface area contributed by atoms with E-state index in [1.54, 1.807) is 18.9 Å². The first-order valence-electron chi connectivity index (χ1n) is 12.5. The zero-order valence-corrected chi connectivity index (χ0v) is 26.0. The molecule has 0 atom stereocenters. The van der Waals surface area contributed by atoms with E-state index in [1.807, 2.05) is 42.2 Å². The average Bonchev–Trinajstić information content (AvgIpc) is 3.34. The van der Waals surface area contributed by atoms with Gasteiger partial charge in [0.15, 0.2) is 10.9 Å². The molecule has 212 valence electrons. The van der Waals surface area contributed by atoms with Crippen LogP contribution in [0.5, 0.6) is 5.75 Å². The third kappa shape index (κ3) is 9.46. The van der Waals surface area contributed by atoms with Gasteiger partial charge in [-0.3, -0.25) is 9.88 Å². The quantitative estimate of drug-likeness (QED) is 0.144. The molecule has 3 heterocycles. The molecule has 1 N–H and O–H groups in total. The molecule has 39 heavy (non-hydrogen) atoms. The molecule has 0 bridgehead atoms. The third-order valence-corrected chi connectivity index (χ3v) is 8.46. The van der Waals surface area contributed by atoms with E-state index in [-0.39, 0.29) is 37.2 Å². The highest BCUT2D eigenvalue weighted by Crippen LogP contribution is 2.34. The molecule has 6 nitrogen and oxygen atoms in total. The van der Waals surface area contributed by atoms with E-state index in [9.17, 15) is 0 Å². The number of fused-ring (bicyclic) bond motifs is 1. The first kappa shape index (κ1) is 33.6. The Morgan fingerprint density at radius 3 is 2.33 bits per heavy atom. The average molecular weight is 629 g/mol. The number of ether oxygens (including phenoxy) is 1. The summed E-state index contributed by atoms with van der Waals surface area (Å²) in [6.45, 7) is 6.80. The van der Waals surface area contributed by atoms with Gasteiger partial charge in [0.25, 0.3) is 0 Å². The molecule has 11 heteroatoms. The summed E-state index contributed by atoms with van der Waals surface area (Å²) in [7, 11) is 1.74. The summed E-state index contributed by atoms with van der Waals surface area (Å²) in [5.41, 5.74) is 4.41. The van der Waals surface area contributed by atoms with E-state index < -0.39 is 0 Å². The molecule has 2 aromatic carbocycles. The lowest BCUT2D eigenvalue weighted by Crippen LogP contribution is -2.46. The zero-order valence-electron chi connectivity index (χ0n) is 22.0. The van der Waals surface area contributed by atoms with Crippen molar-refractivity contribution in [1.82, 2.24) is 24.8 Å². The minimum Gasteiger partial charge on any atom is -0.494 e. The smallest absolute Gasteiger partial charge is 0.166 e. The number of imidazole rings is 1. The molecule has 0 radical (unpaired) electrons. The number of nitrogens with zero attached hydrogens (tertiary/aromatic N) is 4. The van der Waals surface area contributed by atoms with Gasteiger partial charge in [0.05, 0.1) is 28.7 Å². The monoisotopic (exact) mass is 627 g/mol. The number of methoxy groups -OCH3 is 1. The number of nitrogens with one attached hydrogen (secondary N) is 1. The Balaban J connectivity index is 0.00000178. The van der Waals surface area contributed by atoms with Gasteiger partial charge in [-0.25, -0.2) is 4.98 Å². The summed E-state index contributed by atoms with van der Waals surface area (Å²) < 4.78 is 5.79. The van der Waals surface area contributed by atoms with Gasteiger partial charge in [-0.05, 0) is 42.5 Å². The van der Waals surface area contributed by atoms with Gasteiger partial charge in [-0.1, -0.05) is 54.2 Å². The molecular weight excluding hydrogens is 593 g/mol. The van der Waals surface area contributed by atoms with Gasteiger partial charge in [0.2, 0.25) is 0 Å². The molecule has 0 unspecified atom stereocenters. The Labute approximate surface area is 258 Å². The second kappa shape index (κ2) is 17.2. The van der Waals surface area contributed by atoms with Crippen LogP contribution in [0.2, 0.25) is 0 Å². The Bertz CT molecular complexity index is 1220. The normalized spacial score (nSPS) is 13.8. The van der Waals surface area contributed by atoms with E-state index in [4.69, 9.17) is 4.74 Å². The highest BCUT2D eigenvalue weighted by molar-refractivity contribution is 7.99. The predicted molar refractivity (Wildman–Crippen MR) is 172 cm³/mol. The van der Waals surface area contributed by atoms with Crippen LogP contribution in [0.25, 0.3) is 11.0 Å². The lowest BCUT2D eigenvalue weighted by Gasteiger charge is -2.34. The zero-order chi connectivity index (χ0) is 24.6. The molecular formula is C28H36Cl3N5OS2. The number of H-pyrrole nitrogens is 1. The minimum atomic E-state index is 0. The third-order valence-electron chi connectivity index (χ3n) is 6.45. The highest BCUT2D eigenvalue weighted by atomic mass is 35.5. The highest BCUT2D eigenvalue weighted by Gasteiger charge is 2.17. The number of aromatic nitrogens is 3. The van der Waals surface area contributed by atoms with Crippen LogP contribution in [-0.2, 0) is 12.3 Å². The van der Waals surface area contributed by atoms with Crippen molar-refractivity contribution in [2.75, 3.05) is 45.6 Å². The van der Waals surface area contributed by atoms with Crippen LogP contribution >= 0.6 is 60.7 Å². The summed E-state index contributed by atoms with van der Waals surface area (Å²) in [6, 6.07) is 21.0. The summed E-state index contributed by atoms with van der Waals surface area (Å²) >= 11 is 3.52. The van der Waals surface area contributed by atoms with Crippen LogP contribution in [0.1, 0.15) is 17.7 Å². The number of aromatic amines is 1. The molecule has 0 amide bonds. The topological polar surface area (TPSA) is 57.3 Å². The van der Waals surface area contributed by atoms with E-state index in [2.05, 4.69) is 61.1 Å². The van der Waals surface area contributed by atoms with Crippen LogP contribution in [0.4, 0.5) is 0 Å². The lowest BCUT2D eigenvalue weighted by molar-refractivity contribution is 0.127. The molecule has 1 aliphatic rings. The number of benzene rings is 2. The number of halogens is 3. The molecule has 2 aromatic heterocycles. The molecule has 0 saturated carbocycles. The first-order chi connectivity index (χ1) is 17.8. The van der Waals surface area contributed by atoms with Crippen molar-refractivity contribution in [3.63, 3.8) is 0 Å². The van der Waals surface area contributed by atoms with E-state index >= 15 is 0 Å². The lowest BCUT2D eigenvalue weighted by atomic mass is 10.2. The van der Waals surface area contributed by atoms with Crippen molar-refractivity contribution < 1.29 is 4.74 Å². The van der Waals surface area contributed by atoms with Gasteiger partial charge < -0.3 is 14.6 Å². The Hall–Kier alpha value is -1.65. The van der Waals surface area contributed by atoms with Crippen LogP contribution in [0.15, 0.2) is 76.9 Å². The van der Waals surface area contributed by atoms with E-state index in [0.29, 0.717) is 5.75 Å². The minimum absolute atomic E-state index is 0. The summed E-state index contributed by atoms with van der Waals surface area (Å²) in [4.78, 5) is 19.0. The fourth-order valence-corrected chi connectivity index (χ4v) is 6.33. The van der Waals surface area contributed by atoms with Crippen molar-refractivity contribution in [2.45, 2.75) is 28.8 Å². The SMILES string of the molecule is COc1c(SCCCN2CCN(Cc3ccccc3)CC2)ccnc1CSc1nc2ccccc2[nH]1.Cl.Cl.Cl. The largest absolute Gasteiger partial charge is 0.494 e. The molecule has 0 aliphatic carbocycles. The molecule has 0 spiro atoms. The van der Waals surface area contributed by atoms with Gasteiger partial charge in [-0.2, -0.15) is 0 Å². The maximum atomic E-state index is 5.79. The number of hydrogen-bond acceptors (Lipinski definition) is 7. The van der Waals surface area contributed by atoms with E-state index in [1.165, 1.54) is 10.5 Å². The molecule has 1 fully saturated rings. The number of thioether (sulfide) groups is 2. The fraction of sp³-hybridized carbons (Fsp3) is 0.357. The van der Waals surface area contributed by atoms with Gasteiger partial charge in [0, 0.05) is 44.7 Å². The van der Waals surface area contributed by atoms with Crippen molar-refractivity contribution in [2.24, 2.45) is 0 Å². The molecule has 1 saturated heterocycles. The van der Waals surface area contributed by atoms with Crippen LogP contribution < -0.4 is 4.74 Å². The number of rotatable bonds is 11. The van der Waals surface area contributed by atoms with Gasteiger partial charge in [-0.15, -0.1) is 49.0 Å². The van der Waals surface area contributed by atoms with Crippen molar-refractivity contribution in [1.29, 1.82) is 0 Å². The number of pyridine rings is 1. The van der Waals surface area contributed by atoms with Crippen molar-refractivity contribution in [3.05, 3.63) is 78.1 Å². The Morgan fingerprint density at radius 1 is 0.872 bits per heavy atom. The second-order valence-electron chi connectivity index (χ2n) is 8.94. The standard InChI is InChI=1S/C28H33N5OS2.3ClH/c1-34-27-25(21-36-28-30-23-10-5-6-11-24(23)31-28)29-13-12-26(27)35-19-7-14-32-15-17-33(18-16-32)20-22-8-3-2-4-9-22;;;/h2-6,8-13H,7,14-21H2,1H3,(H,30,31);3*1H. The fourth-order valence-electron chi connectivity index (χ4n) is 4.52. The number of hydrogen-bond donors (Lipinski definition) is 1. The summed E-state index contributed by atoms with van der Waals surface area (Å²) in [5, 5.41) is 0.905. The predicted octanol–water partition coefficient (Wildman–Crippen LogP) is 6.82. The molecule has 1 aliphatic heterocycles. The maximum Gasteiger partial charge on any atom is 0.166 e. The van der Waals surface area contributed by atoms with E-state index in [0.717, 1.165) is 79.1 Å². The summed E-state index contributed by atoms with van der Waals surface area (Å²) in [5.74, 6) is 2.67. The van der Waals surface area contributed by atoms with Crippen LogP contribution in [0, 0.1) is 0 Å². The summed E-state index contributed by atoms with van der Waals surface area (Å²) in [6.07, 6.45) is 3.06. The van der Waals surface area contributed by atoms with Crippen molar-refractivity contribution >= 4 is 71.8 Å². The molecule has 4 aromatic rings. The van der Waals surface area contributed by atoms with Crippen LogP contribution in [0.3, 0.4) is 0 Å². The van der Waals surface area contributed by atoms with Gasteiger partial charge in [0.1, 0.15) is 0 Å². The Kier molecular flexibility index (Phi) is 14.8. The first-order valence-corrected chi connectivity index (χ1v) is 14.5. The second-order valence-corrected chi connectivity index (χ2v) is 11.0. The maximum absolute atomic E-state index is 5.79. The number of piperazine rings is 1. The molecule has 5 rings (SSSR count).